The zero-order valence-corrected chi connectivity index (χ0v) is 16.6. The molecular weight excluding hydrogens is 342 g/mol. The third-order valence-corrected chi connectivity index (χ3v) is 5.94. The molecule has 0 atom stereocenters. The smallest absolute Gasteiger partial charge is 0.219 e. The molecule has 4 aromatic rings. The van der Waals surface area contributed by atoms with Crippen molar-refractivity contribution in [2.45, 2.75) is 33.6 Å². The fourth-order valence-corrected chi connectivity index (χ4v) is 4.57. The van der Waals surface area contributed by atoms with E-state index in [-0.39, 0.29) is 11.2 Å². The van der Waals surface area contributed by atoms with E-state index < -0.39 is 0 Å². The molecule has 2 heteroatoms. The number of benzene rings is 3. The van der Waals surface area contributed by atoms with Crippen LogP contribution in [0.1, 0.15) is 41.9 Å². The molecule has 28 heavy (non-hydrogen) atoms. The molecule has 0 fully saturated rings. The maximum Gasteiger partial charge on any atom is 0.219 e. The van der Waals surface area contributed by atoms with Crippen LogP contribution in [0.2, 0.25) is 0 Å². The Hall–Kier alpha value is -3.00. The van der Waals surface area contributed by atoms with Gasteiger partial charge in [-0.15, -0.1) is 0 Å². The van der Waals surface area contributed by atoms with Gasteiger partial charge < -0.3 is 0 Å². The van der Waals surface area contributed by atoms with Crippen LogP contribution in [0, 0.1) is 12.3 Å². The molecule has 0 bridgehead atoms. The lowest BCUT2D eigenvalue weighted by atomic mass is 9.75. The number of hydrogen-bond donors (Lipinski definition) is 0. The second kappa shape index (κ2) is 6.00. The van der Waals surface area contributed by atoms with Gasteiger partial charge in [-0.25, -0.2) is 0 Å². The Morgan fingerprint density at radius 3 is 2.39 bits per heavy atom. The van der Waals surface area contributed by atoms with Crippen molar-refractivity contribution in [1.29, 1.82) is 0 Å². The van der Waals surface area contributed by atoms with Crippen LogP contribution in [0.25, 0.3) is 27.4 Å². The van der Waals surface area contributed by atoms with Crippen LogP contribution in [0.15, 0.2) is 66.7 Å². The number of aromatic nitrogens is 1. The maximum atomic E-state index is 13.1. The molecule has 5 rings (SSSR count). The normalized spacial score (nSPS) is 15.8. The van der Waals surface area contributed by atoms with E-state index in [0.717, 1.165) is 34.3 Å². The lowest BCUT2D eigenvalue weighted by molar-refractivity contribution is -0.577. The van der Waals surface area contributed by atoms with E-state index in [1.807, 2.05) is 0 Å². The number of carbonyl (C=O) groups is 1. The van der Waals surface area contributed by atoms with Crippen LogP contribution in [-0.4, -0.2) is 5.78 Å². The lowest BCUT2D eigenvalue weighted by Crippen LogP contribution is -2.43. The summed E-state index contributed by atoms with van der Waals surface area (Å²) in [6.45, 7) is 6.49. The van der Waals surface area contributed by atoms with Gasteiger partial charge in [-0.1, -0.05) is 55.8 Å². The molecule has 2 nitrogen and oxygen atoms in total. The second-order valence-electron chi connectivity index (χ2n) is 8.84. The first-order chi connectivity index (χ1) is 13.4. The predicted octanol–water partition coefficient (Wildman–Crippen LogP) is 5.73. The van der Waals surface area contributed by atoms with Crippen molar-refractivity contribution < 1.29 is 9.36 Å². The van der Waals surface area contributed by atoms with Gasteiger partial charge in [0.1, 0.15) is 0 Å². The molecule has 0 amide bonds. The Morgan fingerprint density at radius 1 is 0.857 bits per heavy atom. The van der Waals surface area contributed by atoms with Gasteiger partial charge in [0.15, 0.2) is 11.5 Å². The third-order valence-electron chi connectivity index (χ3n) is 5.94. The summed E-state index contributed by atoms with van der Waals surface area (Å²) in [5.41, 5.74) is 5.50. The zero-order chi connectivity index (χ0) is 19.5. The second-order valence-corrected chi connectivity index (χ2v) is 8.84. The van der Waals surface area contributed by atoms with Gasteiger partial charge >= 0.3 is 0 Å². The van der Waals surface area contributed by atoms with E-state index in [4.69, 9.17) is 0 Å². The molecule has 1 heterocycles. The van der Waals surface area contributed by atoms with Crippen molar-refractivity contribution in [1.82, 2.24) is 0 Å². The first-order valence-electron chi connectivity index (χ1n) is 9.93. The summed E-state index contributed by atoms with van der Waals surface area (Å²) in [7, 11) is 0. The molecule has 0 radical (unpaired) electrons. The Bertz CT molecular complexity index is 1250. The minimum Gasteiger partial charge on any atom is -0.294 e. The largest absolute Gasteiger partial charge is 0.294 e. The topological polar surface area (TPSA) is 20.9 Å². The van der Waals surface area contributed by atoms with Crippen molar-refractivity contribution in [3.63, 3.8) is 0 Å². The number of rotatable bonds is 1. The van der Waals surface area contributed by atoms with E-state index in [2.05, 4.69) is 92.1 Å². The van der Waals surface area contributed by atoms with Crippen LogP contribution in [0.4, 0.5) is 0 Å². The highest BCUT2D eigenvalue weighted by molar-refractivity contribution is 6.09. The van der Waals surface area contributed by atoms with E-state index in [1.54, 1.807) is 0 Å². The first-order valence-corrected chi connectivity index (χ1v) is 9.93. The summed E-state index contributed by atoms with van der Waals surface area (Å²) < 4.78 is 2.31. The Morgan fingerprint density at radius 2 is 1.61 bits per heavy atom. The van der Waals surface area contributed by atoms with Crippen LogP contribution >= 0.6 is 0 Å². The van der Waals surface area contributed by atoms with Crippen LogP contribution in [-0.2, 0) is 6.42 Å². The van der Waals surface area contributed by atoms with Gasteiger partial charge in [0, 0.05) is 31.0 Å². The van der Waals surface area contributed by atoms with Crippen molar-refractivity contribution in [2.75, 3.05) is 0 Å². The SMILES string of the molecule is Cc1ccc(-[n+]2c3c(cc4c5ccccc5ccc42)C(=O)CC(C)(C)C3)cc1. The molecule has 0 unspecified atom stereocenters. The first kappa shape index (κ1) is 17.1. The van der Waals surface area contributed by atoms with Crippen LogP contribution in [0.5, 0.6) is 0 Å². The Labute approximate surface area is 165 Å². The summed E-state index contributed by atoms with van der Waals surface area (Å²) in [5, 5.41) is 3.54. The number of ketones is 1. The summed E-state index contributed by atoms with van der Waals surface area (Å²) in [4.78, 5) is 13.1. The van der Waals surface area contributed by atoms with Crippen LogP contribution in [0.3, 0.4) is 0 Å². The molecule has 0 aliphatic heterocycles. The number of fused-ring (bicyclic) bond motifs is 4. The standard InChI is InChI=1S/C26H24NO/c1-17-8-11-19(12-9-17)27-23-13-10-18-6-4-5-7-20(18)21(23)14-22-24(27)15-26(2,3)16-25(22)28/h4-14H,15-16H2,1-3H3/q+1. The average molecular weight is 366 g/mol. The van der Waals surface area contributed by atoms with Gasteiger partial charge in [0.05, 0.1) is 10.9 Å². The zero-order valence-electron chi connectivity index (χ0n) is 16.6. The van der Waals surface area contributed by atoms with Gasteiger partial charge in [-0.3, -0.25) is 4.79 Å². The highest BCUT2D eigenvalue weighted by Crippen LogP contribution is 2.36. The molecule has 138 valence electrons. The van der Waals surface area contributed by atoms with Crippen molar-refractivity contribution >= 4 is 27.5 Å². The lowest BCUT2D eigenvalue weighted by Gasteiger charge is -2.28. The molecule has 0 saturated heterocycles. The molecular formula is C26H24NO+. The van der Waals surface area contributed by atoms with E-state index >= 15 is 0 Å². The third kappa shape index (κ3) is 2.63. The Balaban J connectivity index is 1.95. The van der Waals surface area contributed by atoms with Crippen LogP contribution < -0.4 is 4.57 Å². The number of carbonyl (C=O) groups excluding carboxylic acids is 1. The summed E-state index contributed by atoms with van der Waals surface area (Å²) >= 11 is 0. The van der Waals surface area contributed by atoms with Crippen molar-refractivity contribution in [3.05, 3.63) is 83.6 Å². The van der Waals surface area contributed by atoms with Gasteiger partial charge in [0.25, 0.3) is 0 Å². The summed E-state index contributed by atoms with van der Waals surface area (Å²) in [5.74, 6) is 0.252. The van der Waals surface area contributed by atoms with Crippen molar-refractivity contribution in [2.24, 2.45) is 5.41 Å². The van der Waals surface area contributed by atoms with E-state index in [1.165, 1.54) is 16.3 Å². The predicted molar refractivity (Wildman–Crippen MR) is 114 cm³/mol. The number of hydrogen-bond acceptors (Lipinski definition) is 1. The molecule has 1 aliphatic carbocycles. The van der Waals surface area contributed by atoms with Crippen molar-refractivity contribution in [3.8, 4) is 5.69 Å². The number of nitrogens with zero attached hydrogens (tertiary/aromatic N) is 1. The minimum atomic E-state index is -0.0267. The summed E-state index contributed by atoms with van der Waals surface area (Å²) in [6.07, 6.45) is 1.49. The highest BCUT2D eigenvalue weighted by Gasteiger charge is 2.38. The number of aryl methyl sites for hydroxylation is 1. The fourth-order valence-electron chi connectivity index (χ4n) is 4.57. The molecule has 0 N–H and O–H groups in total. The maximum absolute atomic E-state index is 13.1. The van der Waals surface area contributed by atoms with E-state index in [0.29, 0.717) is 6.42 Å². The highest BCUT2D eigenvalue weighted by atomic mass is 16.1. The molecule has 1 aromatic heterocycles. The van der Waals surface area contributed by atoms with Gasteiger partial charge in [0.2, 0.25) is 11.2 Å². The fraction of sp³-hybridized carbons (Fsp3) is 0.231. The van der Waals surface area contributed by atoms with Gasteiger partial charge in [-0.05, 0) is 35.2 Å². The van der Waals surface area contributed by atoms with E-state index in [9.17, 15) is 4.79 Å². The van der Waals surface area contributed by atoms with Gasteiger partial charge in [-0.2, -0.15) is 4.57 Å². The Kier molecular flexibility index (Phi) is 3.67. The minimum absolute atomic E-state index is 0.0267. The average Bonchev–Trinajstić information content (AvgIpc) is 2.66. The molecule has 0 saturated carbocycles. The quantitative estimate of drug-likeness (QED) is 0.311. The summed E-state index contributed by atoms with van der Waals surface area (Å²) in [6, 6.07) is 23.6. The number of Topliss-reactive ketones (excluding diaryl/α,β-unsaturated/α-hetero) is 1. The molecule has 0 spiro atoms. The monoisotopic (exact) mass is 366 g/mol. The number of pyridine rings is 1. The molecule has 3 aromatic carbocycles. The molecule has 1 aliphatic rings.